The summed E-state index contributed by atoms with van der Waals surface area (Å²) in [5.74, 6) is 0.767. The molecule has 1 rings (SSSR count). The molecule has 0 radical (unpaired) electrons. The van der Waals surface area contributed by atoms with Crippen LogP contribution in [0, 0.1) is 0 Å². The number of nitrogens with one attached hydrogen (secondary N) is 1. The number of hydrogen-bond donors (Lipinski definition) is 1. The van der Waals surface area contributed by atoms with Gasteiger partial charge in [0.25, 0.3) is 0 Å². The molecule has 0 aliphatic heterocycles. The second-order valence-corrected chi connectivity index (χ2v) is 2.50. The Balaban J connectivity index is 2.50. The van der Waals surface area contributed by atoms with Crippen molar-refractivity contribution in [2.75, 3.05) is 14.1 Å². The topological polar surface area (TPSA) is 49.0 Å². The van der Waals surface area contributed by atoms with Gasteiger partial charge in [-0.25, -0.2) is 4.98 Å². The van der Waals surface area contributed by atoms with Gasteiger partial charge in [-0.3, -0.25) is 4.79 Å². The van der Waals surface area contributed by atoms with Gasteiger partial charge in [-0.2, -0.15) is 0 Å². The number of imidazole rings is 1. The number of aromatic amines is 1. The van der Waals surface area contributed by atoms with E-state index in [0.717, 1.165) is 0 Å². The van der Waals surface area contributed by atoms with Crippen molar-refractivity contribution in [3.05, 3.63) is 18.2 Å². The van der Waals surface area contributed by atoms with Crippen LogP contribution < -0.4 is 0 Å². The van der Waals surface area contributed by atoms with Gasteiger partial charge in [0.2, 0.25) is 5.91 Å². The number of likely N-dealkylation sites (N-methyl/N-ethyl adjacent to an activating group) is 1. The Morgan fingerprint density at radius 3 is 2.91 bits per heavy atom. The lowest BCUT2D eigenvalue weighted by Crippen LogP contribution is -2.23. The van der Waals surface area contributed by atoms with Crippen LogP contribution in [0.1, 0.15) is 5.82 Å². The van der Waals surface area contributed by atoms with Gasteiger partial charge in [0.15, 0.2) is 0 Å². The summed E-state index contributed by atoms with van der Waals surface area (Å²) < 4.78 is 0. The minimum absolute atomic E-state index is 0.0555. The van der Waals surface area contributed by atoms with Gasteiger partial charge in [-0.1, -0.05) is 0 Å². The summed E-state index contributed by atoms with van der Waals surface area (Å²) in [4.78, 5) is 19.4. The average molecular weight is 153 g/mol. The molecule has 0 saturated carbocycles. The van der Waals surface area contributed by atoms with Crippen LogP contribution in [0.15, 0.2) is 12.4 Å². The lowest BCUT2D eigenvalue weighted by molar-refractivity contribution is -0.128. The average Bonchev–Trinajstić information content (AvgIpc) is 2.39. The molecule has 0 aromatic carbocycles. The van der Waals surface area contributed by atoms with Crippen LogP contribution >= 0.6 is 0 Å². The van der Waals surface area contributed by atoms with Crippen LogP contribution in [0.2, 0.25) is 0 Å². The molecule has 0 bridgehead atoms. The van der Waals surface area contributed by atoms with E-state index >= 15 is 0 Å². The van der Waals surface area contributed by atoms with Gasteiger partial charge in [0.05, 0.1) is 6.42 Å². The molecule has 1 aromatic rings. The fraction of sp³-hybridized carbons (Fsp3) is 0.429. The second kappa shape index (κ2) is 3.18. The molecule has 1 aromatic heterocycles. The number of nitrogens with zero attached hydrogens (tertiary/aromatic N) is 2. The molecule has 0 unspecified atom stereocenters. The zero-order valence-electron chi connectivity index (χ0n) is 6.66. The normalized spacial score (nSPS) is 9.64. The van der Waals surface area contributed by atoms with Gasteiger partial charge in [-0.05, 0) is 0 Å². The number of hydrogen-bond acceptors (Lipinski definition) is 2. The smallest absolute Gasteiger partial charge is 0.229 e. The predicted molar refractivity (Wildman–Crippen MR) is 41.0 cm³/mol. The Hall–Kier alpha value is -1.32. The predicted octanol–water partition coefficient (Wildman–Crippen LogP) is 0.0404. The molecule has 4 heteroatoms. The lowest BCUT2D eigenvalue weighted by atomic mass is 10.4. The molecule has 0 atom stereocenters. The number of rotatable bonds is 2. The highest BCUT2D eigenvalue weighted by Crippen LogP contribution is 1.92. The van der Waals surface area contributed by atoms with Gasteiger partial charge >= 0.3 is 0 Å². The Labute approximate surface area is 65.2 Å². The van der Waals surface area contributed by atoms with Crippen LogP contribution in [0.5, 0.6) is 0 Å². The summed E-state index contributed by atoms with van der Waals surface area (Å²) in [6.07, 6.45) is 3.69. The van der Waals surface area contributed by atoms with Crippen LogP contribution in [0.25, 0.3) is 0 Å². The standard InChI is InChI=1S/C7H11N3O/c1-10(2)7(11)5-6-8-3-4-9-6/h3-4H,5H2,1-2H3,(H,8,9). The molecule has 1 heterocycles. The van der Waals surface area contributed by atoms with E-state index in [9.17, 15) is 4.79 Å². The monoisotopic (exact) mass is 153 g/mol. The summed E-state index contributed by atoms with van der Waals surface area (Å²) in [5.41, 5.74) is 0. The largest absolute Gasteiger partial charge is 0.348 e. The minimum atomic E-state index is 0.0555. The van der Waals surface area contributed by atoms with E-state index in [1.54, 1.807) is 31.4 Å². The number of aromatic nitrogens is 2. The third-order valence-electron chi connectivity index (χ3n) is 1.37. The number of carbonyl (C=O) groups is 1. The van der Waals surface area contributed by atoms with E-state index < -0.39 is 0 Å². The van der Waals surface area contributed by atoms with Crippen molar-refractivity contribution in [2.45, 2.75) is 6.42 Å². The molecule has 0 spiro atoms. The van der Waals surface area contributed by atoms with Gasteiger partial charge in [-0.15, -0.1) is 0 Å². The van der Waals surface area contributed by atoms with Crippen molar-refractivity contribution < 1.29 is 4.79 Å². The molecule has 0 fully saturated rings. The summed E-state index contributed by atoms with van der Waals surface area (Å²) in [7, 11) is 3.45. The molecule has 0 saturated heterocycles. The van der Waals surface area contributed by atoms with Crippen molar-refractivity contribution in [3.8, 4) is 0 Å². The van der Waals surface area contributed by atoms with Crippen molar-refractivity contribution in [2.24, 2.45) is 0 Å². The van der Waals surface area contributed by atoms with Crippen molar-refractivity contribution in [3.63, 3.8) is 0 Å². The Morgan fingerprint density at radius 1 is 1.73 bits per heavy atom. The van der Waals surface area contributed by atoms with E-state index in [4.69, 9.17) is 0 Å². The highest BCUT2D eigenvalue weighted by molar-refractivity contribution is 5.77. The molecular weight excluding hydrogens is 142 g/mol. The summed E-state index contributed by atoms with van der Waals surface area (Å²) >= 11 is 0. The quantitative estimate of drug-likeness (QED) is 0.652. The van der Waals surface area contributed by atoms with Crippen molar-refractivity contribution in [1.82, 2.24) is 14.9 Å². The second-order valence-electron chi connectivity index (χ2n) is 2.50. The van der Waals surface area contributed by atoms with Crippen LogP contribution in [0.4, 0.5) is 0 Å². The van der Waals surface area contributed by atoms with E-state index in [0.29, 0.717) is 12.2 Å². The fourth-order valence-corrected chi connectivity index (χ4v) is 0.696. The van der Waals surface area contributed by atoms with Crippen molar-refractivity contribution in [1.29, 1.82) is 0 Å². The van der Waals surface area contributed by atoms with E-state index in [2.05, 4.69) is 9.97 Å². The van der Waals surface area contributed by atoms with Crippen molar-refractivity contribution >= 4 is 5.91 Å². The van der Waals surface area contributed by atoms with Gasteiger partial charge < -0.3 is 9.88 Å². The molecule has 60 valence electrons. The summed E-state index contributed by atoms with van der Waals surface area (Å²) in [6.45, 7) is 0. The summed E-state index contributed by atoms with van der Waals surface area (Å²) in [5, 5.41) is 0. The third-order valence-corrected chi connectivity index (χ3v) is 1.37. The van der Waals surface area contributed by atoms with Crippen LogP contribution in [-0.2, 0) is 11.2 Å². The Kier molecular flexibility index (Phi) is 2.25. The van der Waals surface area contributed by atoms with E-state index in [1.165, 1.54) is 0 Å². The molecule has 1 N–H and O–H groups in total. The van der Waals surface area contributed by atoms with E-state index in [-0.39, 0.29) is 5.91 Å². The molecule has 4 nitrogen and oxygen atoms in total. The molecule has 0 aliphatic carbocycles. The van der Waals surface area contributed by atoms with Crippen LogP contribution in [0.3, 0.4) is 0 Å². The molecule has 0 aliphatic rings. The minimum Gasteiger partial charge on any atom is -0.348 e. The molecular formula is C7H11N3O. The maximum atomic E-state index is 11.1. The fourth-order valence-electron chi connectivity index (χ4n) is 0.696. The Morgan fingerprint density at radius 2 is 2.45 bits per heavy atom. The zero-order chi connectivity index (χ0) is 8.27. The number of carbonyl (C=O) groups excluding carboxylic acids is 1. The maximum absolute atomic E-state index is 11.1. The maximum Gasteiger partial charge on any atom is 0.229 e. The zero-order valence-corrected chi connectivity index (χ0v) is 6.66. The number of H-pyrrole nitrogens is 1. The highest BCUT2D eigenvalue weighted by atomic mass is 16.2. The van der Waals surface area contributed by atoms with Crippen LogP contribution in [-0.4, -0.2) is 34.9 Å². The SMILES string of the molecule is CN(C)C(=O)Cc1ncc[nH]1. The lowest BCUT2D eigenvalue weighted by Gasteiger charge is -2.07. The molecule has 1 amide bonds. The third kappa shape index (κ3) is 2.07. The summed E-state index contributed by atoms with van der Waals surface area (Å²) in [6, 6.07) is 0. The first-order valence-corrected chi connectivity index (χ1v) is 3.38. The first-order valence-electron chi connectivity index (χ1n) is 3.38. The van der Waals surface area contributed by atoms with Gasteiger partial charge in [0, 0.05) is 26.5 Å². The number of amides is 1. The first-order chi connectivity index (χ1) is 5.20. The van der Waals surface area contributed by atoms with E-state index in [1.807, 2.05) is 0 Å². The highest BCUT2D eigenvalue weighted by Gasteiger charge is 2.05. The first kappa shape index (κ1) is 7.78. The Bertz CT molecular complexity index is 228. The molecule has 11 heavy (non-hydrogen) atoms. The van der Waals surface area contributed by atoms with Gasteiger partial charge in [0.1, 0.15) is 5.82 Å².